The van der Waals surface area contributed by atoms with Gasteiger partial charge in [-0.3, -0.25) is 4.79 Å². The highest BCUT2D eigenvalue weighted by Gasteiger charge is 2.31. The number of piperidine rings is 1. The van der Waals surface area contributed by atoms with Gasteiger partial charge in [-0.05, 0) is 50.9 Å². The van der Waals surface area contributed by atoms with Crippen molar-refractivity contribution in [3.8, 4) is 0 Å². The number of rotatable bonds is 4. The third kappa shape index (κ3) is 3.70. The molecule has 2 aliphatic rings. The first-order valence-corrected chi connectivity index (χ1v) is 10.1. The smallest absolute Gasteiger partial charge is 0.256 e. The molecular weight excluding hydrogens is 345 g/mol. The first-order valence-electron chi connectivity index (χ1n) is 8.69. The number of nitrogens with one attached hydrogen (secondary N) is 1. The van der Waals surface area contributed by atoms with Crippen LogP contribution in [0.4, 0.5) is 4.39 Å². The molecule has 2 fully saturated rings. The predicted octanol–water partition coefficient (Wildman–Crippen LogP) is 1.43. The van der Waals surface area contributed by atoms with Crippen LogP contribution in [0.25, 0.3) is 0 Å². The molecule has 3 rings (SSSR count). The molecule has 0 aromatic heterocycles. The standard InChI is InChI=1S/C17H24FN3O3S/c1-19-13-5-4-10-21(12-13)25(23,24)14-6-7-15(16(18)11-14)17(22)20-8-2-3-9-20/h6-7,11,13,19H,2-5,8-10,12H2,1H3. The molecule has 0 radical (unpaired) electrons. The summed E-state index contributed by atoms with van der Waals surface area (Å²) in [7, 11) is -1.96. The maximum Gasteiger partial charge on any atom is 0.256 e. The van der Waals surface area contributed by atoms with E-state index in [1.165, 1.54) is 16.4 Å². The van der Waals surface area contributed by atoms with E-state index in [0.29, 0.717) is 26.2 Å². The van der Waals surface area contributed by atoms with Gasteiger partial charge in [-0.2, -0.15) is 4.31 Å². The van der Waals surface area contributed by atoms with E-state index >= 15 is 0 Å². The Hall–Kier alpha value is -1.51. The topological polar surface area (TPSA) is 69.7 Å². The van der Waals surface area contributed by atoms with Crippen molar-refractivity contribution in [2.75, 3.05) is 33.2 Å². The van der Waals surface area contributed by atoms with Gasteiger partial charge in [-0.15, -0.1) is 0 Å². The largest absolute Gasteiger partial charge is 0.339 e. The molecule has 1 aromatic rings. The molecule has 1 unspecified atom stereocenters. The summed E-state index contributed by atoms with van der Waals surface area (Å²) in [4.78, 5) is 13.8. The van der Waals surface area contributed by atoms with E-state index in [-0.39, 0.29) is 22.4 Å². The molecule has 0 spiro atoms. The van der Waals surface area contributed by atoms with Gasteiger partial charge >= 0.3 is 0 Å². The Labute approximate surface area is 148 Å². The van der Waals surface area contributed by atoms with Gasteiger partial charge < -0.3 is 10.2 Å². The monoisotopic (exact) mass is 369 g/mol. The molecule has 25 heavy (non-hydrogen) atoms. The van der Waals surface area contributed by atoms with Gasteiger partial charge in [0.05, 0.1) is 10.5 Å². The number of halogens is 1. The first-order chi connectivity index (χ1) is 11.9. The van der Waals surface area contributed by atoms with Crippen LogP contribution in [0, 0.1) is 5.82 Å². The summed E-state index contributed by atoms with van der Waals surface area (Å²) in [5.74, 6) is -1.15. The number of carbonyl (C=O) groups is 1. The lowest BCUT2D eigenvalue weighted by molar-refractivity contribution is 0.0788. The lowest BCUT2D eigenvalue weighted by atomic mass is 10.1. The number of benzene rings is 1. The molecule has 138 valence electrons. The van der Waals surface area contributed by atoms with Crippen LogP contribution < -0.4 is 5.32 Å². The molecule has 2 heterocycles. The zero-order chi connectivity index (χ0) is 18.0. The van der Waals surface area contributed by atoms with Crippen LogP contribution in [-0.2, 0) is 10.0 Å². The Bertz CT molecular complexity index is 748. The maximum absolute atomic E-state index is 14.5. The molecule has 1 amide bonds. The van der Waals surface area contributed by atoms with Crippen LogP contribution in [0.15, 0.2) is 23.1 Å². The minimum atomic E-state index is -3.76. The number of amides is 1. The third-order valence-electron chi connectivity index (χ3n) is 4.99. The molecule has 1 atom stereocenters. The van der Waals surface area contributed by atoms with Crippen LogP contribution in [0.1, 0.15) is 36.0 Å². The van der Waals surface area contributed by atoms with Crippen LogP contribution in [0.2, 0.25) is 0 Å². The summed E-state index contributed by atoms with van der Waals surface area (Å²) in [5, 5.41) is 3.09. The lowest BCUT2D eigenvalue weighted by Gasteiger charge is -2.31. The fourth-order valence-corrected chi connectivity index (χ4v) is 5.00. The molecule has 8 heteroatoms. The minimum Gasteiger partial charge on any atom is -0.339 e. The number of likely N-dealkylation sites (tertiary alicyclic amines) is 1. The maximum atomic E-state index is 14.5. The fraction of sp³-hybridized carbons (Fsp3) is 0.588. The SMILES string of the molecule is CNC1CCCN(S(=O)(=O)c2ccc(C(=O)N3CCCC3)c(F)c2)C1. The summed E-state index contributed by atoms with van der Waals surface area (Å²) in [6.07, 6.45) is 3.52. The molecule has 1 N–H and O–H groups in total. The van der Waals surface area contributed by atoms with E-state index in [1.807, 2.05) is 0 Å². The Balaban J connectivity index is 1.82. The summed E-state index contributed by atoms with van der Waals surface area (Å²) < 4.78 is 41.4. The summed E-state index contributed by atoms with van der Waals surface area (Å²) in [5.41, 5.74) is -0.0624. The van der Waals surface area contributed by atoms with Gasteiger partial charge in [0.1, 0.15) is 5.82 Å². The second-order valence-corrected chi connectivity index (χ2v) is 8.57. The molecule has 0 aliphatic carbocycles. The van der Waals surface area contributed by atoms with Crippen LogP contribution in [0.5, 0.6) is 0 Å². The minimum absolute atomic E-state index is 0.0624. The summed E-state index contributed by atoms with van der Waals surface area (Å²) in [6, 6.07) is 3.71. The molecule has 6 nitrogen and oxygen atoms in total. The van der Waals surface area contributed by atoms with Gasteiger partial charge in [-0.25, -0.2) is 12.8 Å². The Morgan fingerprint density at radius 2 is 1.92 bits per heavy atom. The molecular formula is C17H24FN3O3S. The first kappa shape index (κ1) is 18.3. The van der Waals surface area contributed by atoms with E-state index in [1.54, 1.807) is 11.9 Å². The zero-order valence-corrected chi connectivity index (χ0v) is 15.2. The van der Waals surface area contributed by atoms with Crippen molar-refractivity contribution in [1.29, 1.82) is 0 Å². The van der Waals surface area contributed by atoms with Gasteiger partial charge in [0.2, 0.25) is 10.0 Å². The van der Waals surface area contributed by atoms with Gasteiger partial charge in [0, 0.05) is 32.2 Å². The Morgan fingerprint density at radius 1 is 1.20 bits per heavy atom. The van der Waals surface area contributed by atoms with Gasteiger partial charge in [0.15, 0.2) is 0 Å². The van der Waals surface area contributed by atoms with E-state index in [9.17, 15) is 17.6 Å². The molecule has 0 saturated carbocycles. The molecule has 1 aromatic carbocycles. The number of hydrogen-bond donors (Lipinski definition) is 1. The number of hydrogen-bond acceptors (Lipinski definition) is 4. The average molecular weight is 369 g/mol. The van der Waals surface area contributed by atoms with Crippen molar-refractivity contribution in [2.45, 2.75) is 36.6 Å². The van der Waals surface area contributed by atoms with Crippen LogP contribution >= 0.6 is 0 Å². The quantitative estimate of drug-likeness (QED) is 0.872. The normalized spacial score (nSPS) is 22.3. The highest BCUT2D eigenvalue weighted by Crippen LogP contribution is 2.24. The van der Waals surface area contributed by atoms with Crippen molar-refractivity contribution in [2.24, 2.45) is 0 Å². The van der Waals surface area contributed by atoms with Crippen molar-refractivity contribution in [3.05, 3.63) is 29.6 Å². The number of nitrogens with zero attached hydrogens (tertiary/aromatic N) is 2. The Kier molecular flexibility index (Phi) is 5.41. The molecule has 0 bridgehead atoms. The zero-order valence-electron chi connectivity index (χ0n) is 14.4. The number of sulfonamides is 1. The van der Waals surface area contributed by atoms with Crippen LogP contribution in [-0.4, -0.2) is 62.8 Å². The van der Waals surface area contributed by atoms with Crippen molar-refractivity contribution in [3.63, 3.8) is 0 Å². The van der Waals surface area contributed by atoms with E-state index < -0.39 is 15.8 Å². The van der Waals surface area contributed by atoms with Crippen molar-refractivity contribution < 1.29 is 17.6 Å². The second-order valence-electron chi connectivity index (χ2n) is 6.63. The average Bonchev–Trinajstić information content (AvgIpc) is 3.15. The summed E-state index contributed by atoms with van der Waals surface area (Å²) >= 11 is 0. The van der Waals surface area contributed by atoms with Crippen molar-refractivity contribution in [1.82, 2.24) is 14.5 Å². The van der Waals surface area contributed by atoms with Crippen molar-refractivity contribution >= 4 is 15.9 Å². The number of carbonyl (C=O) groups excluding carboxylic acids is 1. The lowest BCUT2D eigenvalue weighted by Crippen LogP contribution is -2.46. The second kappa shape index (κ2) is 7.39. The third-order valence-corrected chi connectivity index (χ3v) is 6.86. The van der Waals surface area contributed by atoms with Gasteiger partial charge in [0.25, 0.3) is 5.91 Å². The fourth-order valence-electron chi connectivity index (χ4n) is 3.47. The highest BCUT2D eigenvalue weighted by atomic mass is 32.2. The van der Waals surface area contributed by atoms with Crippen LogP contribution in [0.3, 0.4) is 0 Å². The van der Waals surface area contributed by atoms with Gasteiger partial charge in [-0.1, -0.05) is 0 Å². The summed E-state index contributed by atoms with van der Waals surface area (Å²) in [6.45, 7) is 2.04. The predicted molar refractivity (Wildman–Crippen MR) is 92.4 cm³/mol. The van der Waals surface area contributed by atoms with E-state index in [4.69, 9.17) is 0 Å². The van der Waals surface area contributed by atoms with E-state index in [2.05, 4.69) is 5.32 Å². The highest BCUT2D eigenvalue weighted by molar-refractivity contribution is 7.89. The van der Waals surface area contributed by atoms with E-state index in [0.717, 1.165) is 31.7 Å². The Morgan fingerprint density at radius 3 is 2.56 bits per heavy atom. The number of likely N-dealkylation sites (N-methyl/N-ethyl adjacent to an activating group) is 1. The molecule has 2 saturated heterocycles. The molecule has 2 aliphatic heterocycles.